The van der Waals surface area contributed by atoms with Crippen molar-refractivity contribution in [3.05, 3.63) is 34.8 Å². The van der Waals surface area contributed by atoms with Crippen LogP contribution >= 0.6 is 15.9 Å². The van der Waals surface area contributed by atoms with Gasteiger partial charge in [0, 0.05) is 28.0 Å². The van der Waals surface area contributed by atoms with Crippen molar-refractivity contribution in [2.75, 3.05) is 18.0 Å². The molecule has 0 saturated carbocycles. The largest absolute Gasteiger partial charge is 0.399 e. The zero-order valence-electron chi connectivity index (χ0n) is 8.09. The van der Waals surface area contributed by atoms with Crippen molar-refractivity contribution >= 4 is 33.2 Å². The number of halogens is 1. The second kappa shape index (κ2) is 4.84. The van der Waals surface area contributed by atoms with Crippen molar-refractivity contribution in [3.63, 3.8) is 0 Å². The van der Waals surface area contributed by atoms with Gasteiger partial charge < -0.3 is 16.8 Å². The third-order valence-electron chi connectivity index (χ3n) is 1.68. The van der Waals surface area contributed by atoms with Crippen LogP contribution < -0.4 is 16.8 Å². The molecule has 80 valence electrons. The minimum Gasteiger partial charge on any atom is -0.399 e. The SMILES string of the molecule is C=C(Br)CNC(=O)c1cc(N)cc(N)c1. The molecule has 0 fully saturated rings. The van der Waals surface area contributed by atoms with Gasteiger partial charge in [0.2, 0.25) is 0 Å². The first-order valence-electron chi connectivity index (χ1n) is 4.26. The van der Waals surface area contributed by atoms with Gasteiger partial charge in [0.05, 0.1) is 0 Å². The van der Waals surface area contributed by atoms with Crippen LogP contribution in [0.15, 0.2) is 29.3 Å². The number of nitrogen functional groups attached to an aromatic ring is 2. The number of carbonyl (C=O) groups excluding carboxylic acids is 1. The third kappa shape index (κ3) is 3.63. The predicted molar refractivity (Wildman–Crippen MR) is 65.7 cm³/mol. The van der Waals surface area contributed by atoms with E-state index >= 15 is 0 Å². The lowest BCUT2D eigenvalue weighted by molar-refractivity contribution is 0.0958. The van der Waals surface area contributed by atoms with Crippen LogP contribution in [-0.2, 0) is 0 Å². The van der Waals surface area contributed by atoms with E-state index in [0.29, 0.717) is 28.0 Å². The highest BCUT2D eigenvalue weighted by Gasteiger charge is 2.06. The molecular formula is C10H12BrN3O. The van der Waals surface area contributed by atoms with Gasteiger partial charge in [0.25, 0.3) is 5.91 Å². The van der Waals surface area contributed by atoms with Gasteiger partial charge in [-0.1, -0.05) is 22.5 Å². The van der Waals surface area contributed by atoms with Crippen LogP contribution in [0.25, 0.3) is 0 Å². The predicted octanol–water partition coefficient (Wildman–Crippen LogP) is 1.49. The summed E-state index contributed by atoms with van der Waals surface area (Å²) < 4.78 is 0.702. The highest BCUT2D eigenvalue weighted by atomic mass is 79.9. The van der Waals surface area contributed by atoms with E-state index in [2.05, 4.69) is 27.8 Å². The Labute approximate surface area is 96.5 Å². The normalized spacial score (nSPS) is 9.67. The molecule has 0 aromatic heterocycles. The van der Waals surface area contributed by atoms with Crippen LogP contribution in [0.3, 0.4) is 0 Å². The Hall–Kier alpha value is -1.49. The molecule has 0 bridgehead atoms. The Morgan fingerprint density at radius 3 is 2.33 bits per heavy atom. The second-order valence-corrected chi connectivity index (χ2v) is 4.21. The van der Waals surface area contributed by atoms with Crippen LogP contribution in [0.4, 0.5) is 11.4 Å². The fourth-order valence-electron chi connectivity index (χ4n) is 1.09. The van der Waals surface area contributed by atoms with E-state index in [1.807, 2.05) is 0 Å². The average molecular weight is 270 g/mol. The Kier molecular flexibility index (Phi) is 3.74. The molecule has 4 nitrogen and oxygen atoms in total. The smallest absolute Gasteiger partial charge is 0.251 e. The highest BCUT2D eigenvalue weighted by Crippen LogP contribution is 2.13. The molecule has 0 atom stereocenters. The van der Waals surface area contributed by atoms with Gasteiger partial charge in [0.15, 0.2) is 0 Å². The minimum absolute atomic E-state index is 0.227. The monoisotopic (exact) mass is 269 g/mol. The van der Waals surface area contributed by atoms with Gasteiger partial charge >= 0.3 is 0 Å². The average Bonchev–Trinajstić information content (AvgIpc) is 2.12. The number of hydrogen-bond donors (Lipinski definition) is 3. The molecule has 1 aromatic rings. The first kappa shape index (κ1) is 11.6. The Balaban J connectivity index is 2.77. The summed E-state index contributed by atoms with van der Waals surface area (Å²) in [7, 11) is 0. The summed E-state index contributed by atoms with van der Waals surface area (Å²) in [5.74, 6) is -0.227. The first-order chi connectivity index (χ1) is 6.99. The lowest BCUT2D eigenvalue weighted by Crippen LogP contribution is -2.24. The Morgan fingerprint density at radius 2 is 1.87 bits per heavy atom. The van der Waals surface area contributed by atoms with Gasteiger partial charge in [-0.3, -0.25) is 4.79 Å². The number of carbonyl (C=O) groups is 1. The molecular weight excluding hydrogens is 258 g/mol. The molecule has 1 aromatic carbocycles. The minimum atomic E-state index is -0.227. The lowest BCUT2D eigenvalue weighted by atomic mass is 10.1. The number of nitrogens with two attached hydrogens (primary N) is 2. The van der Waals surface area contributed by atoms with Gasteiger partial charge in [-0.2, -0.15) is 0 Å². The van der Waals surface area contributed by atoms with E-state index in [-0.39, 0.29) is 5.91 Å². The zero-order chi connectivity index (χ0) is 11.4. The molecule has 1 amide bonds. The van der Waals surface area contributed by atoms with E-state index in [1.165, 1.54) is 0 Å². The van der Waals surface area contributed by atoms with Crippen molar-refractivity contribution in [1.29, 1.82) is 0 Å². The Bertz CT molecular complexity index is 383. The lowest BCUT2D eigenvalue weighted by Gasteiger charge is -2.05. The first-order valence-corrected chi connectivity index (χ1v) is 5.06. The van der Waals surface area contributed by atoms with Crippen LogP contribution in [-0.4, -0.2) is 12.5 Å². The maximum Gasteiger partial charge on any atom is 0.251 e. The van der Waals surface area contributed by atoms with Crippen molar-refractivity contribution in [2.45, 2.75) is 0 Å². The zero-order valence-corrected chi connectivity index (χ0v) is 9.67. The van der Waals surface area contributed by atoms with Gasteiger partial charge in [0.1, 0.15) is 0 Å². The van der Waals surface area contributed by atoms with Gasteiger partial charge in [-0.15, -0.1) is 0 Å². The van der Waals surface area contributed by atoms with Gasteiger partial charge in [-0.05, 0) is 18.2 Å². The number of hydrogen-bond acceptors (Lipinski definition) is 3. The Morgan fingerprint density at radius 1 is 1.33 bits per heavy atom. The molecule has 0 aliphatic carbocycles. The summed E-state index contributed by atoms with van der Waals surface area (Å²) in [6, 6.07) is 4.74. The fraction of sp³-hybridized carbons (Fsp3) is 0.100. The van der Waals surface area contributed by atoms with E-state index in [0.717, 1.165) is 0 Å². The van der Waals surface area contributed by atoms with Crippen LogP contribution in [0, 0.1) is 0 Å². The number of rotatable bonds is 3. The number of benzene rings is 1. The van der Waals surface area contributed by atoms with Crippen LogP contribution in [0.1, 0.15) is 10.4 Å². The van der Waals surface area contributed by atoms with E-state index < -0.39 is 0 Å². The maximum absolute atomic E-state index is 11.6. The summed E-state index contributed by atoms with van der Waals surface area (Å²) >= 11 is 3.15. The van der Waals surface area contributed by atoms with Crippen LogP contribution in [0.2, 0.25) is 0 Å². The van der Waals surface area contributed by atoms with Crippen LogP contribution in [0.5, 0.6) is 0 Å². The number of nitrogens with one attached hydrogen (secondary N) is 1. The van der Waals surface area contributed by atoms with Crippen molar-refractivity contribution in [2.24, 2.45) is 0 Å². The molecule has 0 heterocycles. The number of anilines is 2. The summed E-state index contributed by atoms with van der Waals surface area (Å²) in [6.45, 7) is 3.98. The summed E-state index contributed by atoms with van der Waals surface area (Å²) in [5, 5.41) is 2.66. The standard InChI is InChI=1S/C10H12BrN3O/c1-6(11)5-14-10(15)7-2-8(12)4-9(13)3-7/h2-4H,1,5,12-13H2,(H,14,15). The molecule has 0 radical (unpaired) electrons. The van der Waals surface area contributed by atoms with Crippen molar-refractivity contribution in [1.82, 2.24) is 5.32 Å². The molecule has 0 aliphatic rings. The summed E-state index contributed by atoms with van der Waals surface area (Å²) in [6.07, 6.45) is 0. The molecule has 5 heteroatoms. The molecule has 0 unspecified atom stereocenters. The third-order valence-corrected chi connectivity index (χ3v) is 1.96. The highest BCUT2D eigenvalue weighted by molar-refractivity contribution is 9.11. The van der Waals surface area contributed by atoms with Crippen molar-refractivity contribution in [3.8, 4) is 0 Å². The second-order valence-electron chi connectivity index (χ2n) is 3.09. The topological polar surface area (TPSA) is 81.1 Å². The fourth-order valence-corrected chi connectivity index (χ4v) is 1.23. The van der Waals surface area contributed by atoms with E-state index in [9.17, 15) is 4.79 Å². The molecule has 0 spiro atoms. The molecule has 1 rings (SSSR count). The van der Waals surface area contributed by atoms with E-state index in [4.69, 9.17) is 11.5 Å². The molecule has 0 saturated heterocycles. The quantitative estimate of drug-likeness (QED) is 0.728. The summed E-state index contributed by atoms with van der Waals surface area (Å²) in [5.41, 5.74) is 12.5. The van der Waals surface area contributed by atoms with E-state index in [1.54, 1.807) is 18.2 Å². The molecule has 15 heavy (non-hydrogen) atoms. The number of amides is 1. The molecule has 0 aliphatic heterocycles. The van der Waals surface area contributed by atoms with Gasteiger partial charge in [-0.25, -0.2) is 0 Å². The van der Waals surface area contributed by atoms with Crippen molar-refractivity contribution < 1.29 is 4.79 Å². The maximum atomic E-state index is 11.6. The summed E-state index contributed by atoms with van der Waals surface area (Å²) in [4.78, 5) is 11.6. The molecule has 5 N–H and O–H groups in total.